The van der Waals surface area contributed by atoms with Crippen molar-refractivity contribution in [3.05, 3.63) is 67.9 Å². The second-order valence-electron chi connectivity index (χ2n) is 8.00. The molecule has 0 aliphatic rings. The predicted octanol–water partition coefficient (Wildman–Crippen LogP) is 4.36. The zero-order chi connectivity index (χ0) is 22.6. The predicted molar refractivity (Wildman–Crippen MR) is 125 cm³/mol. The number of anilines is 1. The van der Waals surface area contributed by atoms with Gasteiger partial charge in [-0.2, -0.15) is 0 Å². The number of aromatic amines is 1. The van der Waals surface area contributed by atoms with Gasteiger partial charge in [-0.05, 0) is 35.9 Å². The molecule has 0 atom stereocenters. The van der Waals surface area contributed by atoms with Crippen LogP contribution >= 0.6 is 23.2 Å². The van der Waals surface area contributed by atoms with E-state index in [1.165, 1.54) is 0 Å². The molecule has 8 heteroatoms. The Labute approximate surface area is 190 Å². The van der Waals surface area contributed by atoms with Gasteiger partial charge in [-0.25, -0.2) is 4.98 Å². The molecular formula is C23H22Cl2N4O2. The molecule has 0 aliphatic carbocycles. The highest BCUT2D eigenvalue weighted by Crippen LogP contribution is 2.22. The summed E-state index contributed by atoms with van der Waals surface area (Å²) in [6, 6.07) is 10.6. The van der Waals surface area contributed by atoms with Crippen molar-refractivity contribution in [3.63, 3.8) is 0 Å². The van der Waals surface area contributed by atoms with Crippen molar-refractivity contribution in [2.24, 2.45) is 5.41 Å². The number of fused-ring (bicyclic) bond motifs is 1. The molecular weight excluding hydrogens is 435 g/mol. The van der Waals surface area contributed by atoms with Crippen LogP contribution in [0, 0.1) is 17.3 Å². The first-order chi connectivity index (χ1) is 14.6. The minimum absolute atomic E-state index is 0.140. The quantitative estimate of drug-likeness (QED) is 0.402. The summed E-state index contributed by atoms with van der Waals surface area (Å²) in [6.45, 7) is 6.36. The number of carbonyl (C=O) groups excluding carboxylic acids is 1. The largest absolute Gasteiger partial charge is 0.302 e. The summed E-state index contributed by atoms with van der Waals surface area (Å²) >= 11 is 11.9. The fourth-order valence-electron chi connectivity index (χ4n) is 2.64. The van der Waals surface area contributed by atoms with Gasteiger partial charge < -0.3 is 5.32 Å². The molecule has 0 radical (unpaired) electrons. The number of halogens is 2. The summed E-state index contributed by atoms with van der Waals surface area (Å²) < 4.78 is 0. The van der Waals surface area contributed by atoms with Gasteiger partial charge >= 0.3 is 0 Å². The zero-order valence-corrected chi connectivity index (χ0v) is 18.9. The molecule has 0 aliphatic heterocycles. The van der Waals surface area contributed by atoms with Gasteiger partial charge in [0.1, 0.15) is 0 Å². The molecule has 0 spiro atoms. The Morgan fingerprint density at radius 3 is 2.61 bits per heavy atom. The van der Waals surface area contributed by atoms with Crippen molar-refractivity contribution in [2.45, 2.75) is 27.3 Å². The maximum Gasteiger partial charge on any atom is 0.260 e. The number of carbonyl (C=O) groups is 1. The van der Waals surface area contributed by atoms with E-state index in [0.29, 0.717) is 34.0 Å². The molecule has 31 heavy (non-hydrogen) atoms. The Balaban J connectivity index is 1.65. The average molecular weight is 457 g/mol. The first-order valence-corrected chi connectivity index (χ1v) is 10.4. The molecule has 0 saturated carbocycles. The third kappa shape index (κ3) is 6.08. The van der Waals surface area contributed by atoms with Crippen LogP contribution in [0.5, 0.6) is 0 Å². The van der Waals surface area contributed by atoms with E-state index in [1.54, 1.807) is 45.0 Å². The summed E-state index contributed by atoms with van der Waals surface area (Å²) in [6.07, 6.45) is 0. The topological polar surface area (TPSA) is 86.9 Å². The fraction of sp³-hybridized carbons (Fsp3) is 0.261. The van der Waals surface area contributed by atoms with Crippen molar-refractivity contribution in [2.75, 3.05) is 11.9 Å². The molecule has 160 valence electrons. The first kappa shape index (κ1) is 22.8. The van der Waals surface area contributed by atoms with Crippen LogP contribution in [0.4, 0.5) is 5.95 Å². The number of hydrogen-bond donors (Lipinski definition) is 3. The van der Waals surface area contributed by atoms with Crippen LogP contribution in [0.3, 0.4) is 0 Å². The van der Waals surface area contributed by atoms with E-state index in [4.69, 9.17) is 23.2 Å². The van der Waals surface area contributed by atoms with Crippen LogP contribution in [0.1, 0.15) is 31.9 Å². The van der Waals surface area contributed by atoms with Crippen LogP contribution in [0.2, 0.25) is 10.0 Å². The number of nitrogens with zero attached hydrogens (tertiary/aromatic N) is 1. The lowest BCUT2D eigenvalue weighted by Gasteiger charge is -2.17. The number of aromatic nitrogens is 2. The molecule has 0 saturated heterocycles. The van der Waals surface area contributed by atoms with Gasteiger partial charge in [0.2, 0.25) is 11.9 Å². The monoisotopic (exact) mass is 456 g/mol. The lowest BCUT2D eigenvalue weighted by Crippen LogP contribution is -2.29. The van der Waals surface area contributed by atoms with E-state index >= 15 is 0 Å². The number of nitrogens with one attached hydrogen (secondary N) is 3. The normalized spacial score (nSPS) is 11.1. The van der Waals surface area contributed by atoms with Gasteiger partial charge in [0, 0.05) is 17.5 Å². The maximum absolute atomic E-state index is 12.5. The summed E-state index contributed by atoms with van der Waals surface area (Å²) in [5.74, 6) is 5.95. The molecule has 2 aromatic carbocycles. The Morgan fingerprint density at radius 1 is 1.13 bits per heavy atom. The van der Waals surface area contributed by atoms with E-state index in [2.05, 4.69) is 32.4 Å². The average Bonchev–Trinajstić information content (AvgIpc) is 2.70. The molecule has 1 aromatic heterocycles. The van der Waals surface area contributed by atoms with Crippen molar-refractivity contribution in [3.8, 4) is 11.8 Å². The smallest absolute Gasteiger partial charge is 0.260 e. The van der Waals surface area contributed by atoms with E-state index in [1.807, 2.05) is 12.1 Å². The maximum atomic E-state index is 12.5. The third-order valence-corrected chi connectivity index (χ3v) is 5.12. The molecule has 0 unspecified atom stereocenters. The number of hydrogen-bond acceptors (Lipinski definition) is 4. The molecule has 1 amide bonds. The molecule has 3 aromatic rings. The molecule has 0 bridgehead atoms. The Morgan fingerprint density at radius 2 is 1.90 bits per heavy atom. The zero-order valence-electron chi connectivity index (χ0n) is 17.4. The lowest BCUT2D eigenvalue weighted by atomic mass is 9.96. The van der Waals surface area contributed by atoms with Crippen LogP contribution in [-0.2, 0) is 11.3 Å². The van der Waals surface area contributed by atoms with Gasteiger partial charge in [0.05, 0.1) is 27.5 Å². The molecule has 0 fully saturated rings. The highest BCUT2D eigenvalue weighted by molar-refractivity contribution is 6.42. The lowest BCUT2D eigenvalue weighted by molar-refractivity contribution is -0.123. The third-order valence-electron chi connectivity index (χ3n) is 4.38. The van der Waals surface area contributed by atoms with E-state index in [0.717, 1.165) is 11.1 Å². The molecule has 1 heterocycles. The standard InChI is InChI=1S/C23H22Cl2N4O2/c1-23(2,3)21(31)29-22-27-19-9-7-15(11-16(19)20(30)28-22)13-26-10-4-5-14-6-8-17(24)18(25)12-14/h6-9,11-12,26H,10,13H2,1-3H3,(H2,27,28,29,30,31). The van der Waals surface area contributed by atoms with E-state index in [9.17, 15) is 9.59 Å². The van der Waals surface area contributed by atoms with Crippen LogP contribution in [0.25, 0.3) is 10.9 Å². The van der Waals surface area contributed by atoms with Crippen LogP contribution < -0.4 is 16.2 Å². The second kappa shape index (κ2) is 9.52. The Hall–Kier alpha value is -2.85. The molecule has 3 N–H and O–H groups in total. The van der Waals surface area contributed by atoms with Crippen LogP contribution in [-0.4, -0.2) is 22.4 Å². The molecule has 6 nitrogen and oxygen atoms in total. The van der Waals surface area contributed by atoms with Crippen molar-refractivity contribution in [1.29, 1.82) is 0 Å². The number of benzene rings is 2. The summed E-state index contributed by atoms with van der Waals surface area (Å²) in [4.78, 5) is 31.5. The SMILES string of the molecule is CC(C)(C)C(=O)Nc1nc2ccc(CNCC#Cc3ccc(Cl)c(Cl)c3)cc2c(=O)[nH]1. The number of rotatable bonds is 4. The highest BCUT2D eigenvalue weighted by atomic mass is 35.5. The summed E-state index contributed by atoms with van der Waals surface area (Å²) in [7, 11) is 0. The van der Waals surface area contributed by atoms with E-state index < -0.39 is 5.41 Å². The van der Waals surface area contributed by atoms with Crippen LogP contribution in [0.15, 0.2) is 41.2 Å². The van der Waals surface area contributed by atoms with Gasteiger partial charge in [-0.3, -0.25) is 19.9 Å². The van der Waals surface area contributed by atoms with Crippen molar-refractivity contribution in [1.82, 2.24) is 15.3 Å². The molecule has 3 rings (SSSR count). The highest BCUT2D eigenvalue weighted by Gasteiger charge is 2.22. The Kier molecular flexibility index (Phi) is 7.01. The van der Waals surface area contributed by atoms with Gasteiger partial charge in [0.25, 0.3) is 5.56 Å². The first-order valence-electron chi connectivity index (χ1n) is 9.62. The second-order valence-corrected chi connectivity index (χ2v) is 8.82. The Bertz CT molecular complexity index is 1250. The summed E-state index contributed by atoms with van der Waals surface area (Å²) in [5, 5.41) is 7.28. The van der Waals surface area contributed by atoms with E-state index in [-0.39, 0.29) is 17.4 Å². The van der Waals surface area contributed by atoms with Crippen molar-refractivity contribution >= 4 is 46.0 Å². The van der Waals surface area contributed by atoms with Crippen molar-refractivity contribution < 1.29 is 4.79 Å². The number of amides is 1. The minimum atomic E-state index is -0.592. The number of H-pyrrole nitrogens is 1. The minimum Gasteiger partial charge on any atom is -0.302 e. The fourth-order valence-corrected chi connectivity index (χ4v) is 2.94. The van der Waals surface area contributed by atoms with Gasteiger partial charge in [-0.1, -0.05) is 61.9 Å². The van der Waals surface area contributed by atoms with Gasteiger partial charge in [-0.15, -0.1) is 0 Å². The van der Waals surface area contributed by atoms with Gasteiger partial charge in [0.15, 0.2) is 0 Å². The summed E-state index contributed by atoms with van der Waals surface area (Å²) in [5.41, 5.74) is 1.31.